The number of fused-ring (bicyclic) bond motifs is 1. The Balaban J connectivity index is 1.45. The molecular formula is C22H24N2O3S. The Labute approximate surface area is 165 Å². The Bertz CT molecular complexity index is 1090. The van der Waals surface area contributed by atoms with E-state index in [9.17, 15) is 8.42 Å². The van der Waals surface area contributed by atoms with E-state index in [-0.39, 0.29) is 0 Å². The second-order valence-corrected chi connectivity index (χ2v) is 9.54. The first-order valence-electron chi connectivity index (χ1n) is 9.45. The molecule has 0 radical (unpaired) electrons. The summed E-state index contributed by atoms with van der Waals surface area (Å²) in [4.78, 5) is 2.73. The SMILES string of the molecule is Cc1ccc(-c2cc(CN3CCc4ccc(S(C)(=O)=O)cc4CC3)on2)cc1. The Morgan fingerprint density at radius 3 is 2.43 bits per heavy atom. The van der Waals surface area contributed by atoms with Crippen molar-refractivity contribution in [2.24, 2.45) is 0 Å². The van der Waals surface area contributed by atoms with Gasteiger partial charge in [-0.2, -0.15) is 0 Å². The number of sulfone groups is 1. The van der Waals surface area contributed by atoms with E-state index >= 15 is 0 Å². The zero-order chi connectivity index (χ0) is 19.7. The van der Waals surface area contributed by atoms with Crippen LogP contribution in [-0.4, -0.2) is 37.8 Å². The number of aromatic nitrogens is 1. The van der Waals surface area contributed by atoms with Crippen LogP contribution < -0.4 is 0 Å². The van der Waals surface area contributed by atoms with E-state index in [0.717, 1.165) is 48.5 Å². The molecule has 2 heterocycles. The van der Waals surface area contributed by atoms with Gasteiger partial charge in [0.25, 0.3) is 0 Å². The number of hydrogen-bond acceptors (Lipinski definition) is 5. The van der Waals surface area contributed by atoms with Gasteiger partial charge in [0.15, 0.2) is 15.6 Å². The molecule has 1 aliphatic rings. The first-order valence-corrected chi connectivity index (χ1v) is 11.3. The molecule has 0 bridgehead atoms. The predicted octanol–water partition coefficient (Wildman–Crippen LogP) is 3.65. The molecule has 5 nitrogen and oxygen atoms in total. The van der Waals surface area contributed by atoms with Crippen molar-refractivity contribution >= 4 is 9.84 Å². The first-order chi connectivity index (χ1) is 13.4. The molecule has 0 aliphatic carbocycles. The van der Waals surface area contributed by atoms with Crippen LogP contribution in [0.25, 0.3) is 11.3 Å². The van der Waals surface area contributed by atoms with Crippen molar-refractivity contribution in [3.8, 4) is 11.3 Å². The highest BCUT2D eigenvalue weighted by molar-refractivity contribution is 7.90. The summed E-state index contributed by atoms with van der Waals surface area (Å²) in [6.07, 6.45) is 2.99. The van der Waals surface area contributed by atoms with Gasteiger partial charge in [-0.3, -0.25) is 4.90 Å². The van der Waals surface area contributed by atoms with Crippen molar-refractivity contribution in [1.29, 1.82) is 0 Å². The average molecular weight is 397 g/mol. The van der Waals surface area contributed by atoms with E-state index < -0.39 is 9.84 Å². The second-order valence-electron chi connectivity index (χ2n) is 7.52. The van der Waals surface area contributed by atoms with Crippen molar-refractivity contribution in [1.82, 2.24) is 10.1 Å². The molecule has 0 saturated heterocycles. The third-order valence-corrected chi connectivity index (χ3v) is 6.40. The van der Waals surface area contributed by atoms with Crippen LogP contribution in [0.5, 0.6) is 0 Å². The molecule has 28 heavy (non-hydrogen) atoms. The van der Waals surface area contributed by atoms with Crippen LogP contribution in [0.3, 0.4) is 0 Å². The molecule has 0 amide bonds. The summed E-state index contributed by atoms with van der Waals surface area (Å²) in [6.45, 7) is 4.53. The van der Waals surface area contributed by atoms with Crippen molar-refractivity contribution in [3.63, 3.8) is 0 Å². The van der Waals surface area contributed by atoms with Crippen molar-refractivity contribution < 1.29 is 12.9 Å². The van der Waals surface area contributed by atoms with Gasteiger partial charge in [-0.25, -0.2) is 8.42 Å². The maximum atomic E-state index is 11.8. The standard InChI is InChI=1S/C22H24N2O3S/c1-16-3-5-18(6-4-16)22-14-20(27-23-22)15-24-11-9-17-7-8-21(28(2,25)26)13-19(17)10-12-24/h3-8,13-14H,9-12,15H2,1-2H3. The van der Waals surface area contributed by atoms with Crippen molar-refractivity contribution in [3.05, 3.63) is 71.0 Å². The fourth-order valence-corrected chi connectivity index (χ4v) is 4.28. The van der Waals surface area contributed by atoms with Crippen molar-refractivity contribution in [2.75, 3.05) is 19.3 Å². The lowest BCUT2D eigenvalue weighted by molar-refractivity contribution is 0.240. The molecule has 1 aromatic heterocycles. The molecule has 0 N–H and O–H groups in total. The predicted molar refractivity (Wildman–Crippen MR) is 109 cm³/mol. The van der Waals surface area contributed by atoms with Crippen LogP contribution in [-0.2, 0) is 29.2 Å². The minimum absolute atomic E-state index is 0.401. The largest absolute Gasteiger partial charge is 0.359 e. The van der Waals surface area contributed by atoms with Gasteiger partial charge in [0.05, 0.1) is 11.4 Å². The molecule has 146 valence electrons. The van der Waals surface area contributed by atoms with Crippen LogP contribution in [0.4, 0.5) is 0 Å². The molecule has 0 spiro atoms. The number of aryl methyl sites for hydroxylation is 1. The van der Waals surface area contributed by atoms with E-state index in [1.54, 1.807) is 6.07 Å². The van der Waals surface area contributed by atoms with Gasteiger partial charge in [-0.1, -0.05) is 41.1 Å². The van der Waals surface area contributed by atoms with Crippen LogP contribution in [0.15, 0.2) is 57.9 Å². The monoisotopic (exact) mass is 396 g/mol. The smallest absolute Gasteiger partial charge is 0.175 e. The summed E-state index contributed by atoms with van der Waals surface area (Å²) in [7, 11) is -3.17. The second kappa shape index (κ2) is 7.53. The lowest BCUT2D eigenvalue weighted by Gasteiger charge is -2.17. The van der Waals surface area contributed by atoms with Crippen LogP contribution in [0, 0.1) is 6.92 Å². The summed E-state index contributed by atoms with van der Waals surface area (Å²) >= 11 is 0. The van der Waals surface area contributed by atoms with Crippen molar-refractivity contribution in [2.45, 2.75) is 31.2 Å². The molecule has 1 aliphatic heterocycles. The maximum absolute atomic E-state index is 11.8. The fraction of sp³-hybridized carbons (Fsp3) is 0.318. The molecule has 0 unspecified atom stereocenters. The molecule has 2 aromatic carbocycles. The van der Waals surface area contributed by atoms with E-state index in [1.807, 2.05) is 18.2 Å². The summed E-state index contributed by atoms with van der Waals surface area (Å²) in [5.74, 6) is 0.846. The topological polar surface area (TPSA) is 63.4 Å². The zero-order valence-corrected chi connectivity index (χ0v) is 17.0. The Morgan fingerprint density at radius 1 is 1.00 bits per heavy atom. The van der Waals surface area contributed by atoms with Crippen LogP contribution >= 0.6 is 0 Å². The highest BCUT2D eigenvalue weighted by Gasteiger charge is 2.18. The van der Waals surface area contributed by atoms with E-state index in [2.05, 4.69) is 41.2 Å². The molecule has 0 fully saturated rings. The van der Waals surface area contributed by atoms with E-state index in [0.29, 0.717) is 11.4 Å². The number of hydrogen-bond donors (Lipinski definition) is 0. The third kappa shape index (κ3) is 4.18. The summed E-state index contributed by atoms with van der Waals surface area (Å²) in [6, 6.07) is 15.8. The minimum atomic E-state index is -3.17. The molecule has 3 aromatic rings. The summed E-state index contributed by atoms with van der Waals surface area (Å²) < 4.78 is 29.2. The van der Waals surface area contributed by atoms with Crippen LogP contribution in [0.2, 0.25) is 0 Å². The van der Waals surface area contributed by atoms with Gasteiger partial charge in [0, 0.05) is 31.0 Å². The molecule has 0 atom stereocenters. The molecule has 0 saturated carbocycles. The normalized spacial score (nSPS) is 15.2. The fourth-order valence-electron chi connectivity index (χ4n) is 3.60. The molecular weight excluding hydrogens is 372 g/mol. The summed E-state index contributed by atoms with van der Waals surface area (Å²) in [5.41, 5.74) is 5.48. The Kier molecular flexibility index (Phi) is 5.08. The molecule has 6 heteroatoms. The van der Waals surface area contributed by atoms with Crippen LogP contribution in [0.1, 0.15) is 22.5 Å². The van der Waals surface area contributed by atoms with E-state index in [1.165, 1.54) is 17.4 Å². The van der Waals surface area contributed by atoms with Gasteiger partial charge >= 0.3 is 0 Å². The maximum Gasteiger partial charge on any atom is 0.175 e. The summed E-state index contributed by atoms with van der Waals surface area (Å²) in [5, 5.41) is 4.21. The quantitative estimate of drug-likeness (QED) is 0.674. The zero-order valence-electron chi connectivity index (χ0n) is 16.2. The van der Waals surface area contributed by atoms with Gasteiger partial charge in [-0.05, 0) is 43.0 Å². The highest BCUT2D eigenvalue weighted by Crippen LogP contribution is 2.23. The van der Waals surface area contributed by atoms with Gasteiger partial charge < -0.3 is 4.52 Å². The number of nitrogens with zero attached hydrogens (tertiary/aromatic N) is 2. The number of benzene rings is 2. The first kappa shape index (κ1) is 18.9. The highest BCUT2D eigenvalue weighted by atomic mass is 32.2. The van der Waals surface area contributed by atoms with Gasteiger partial charge in [-0.15, -0.1) is 0 Å². The lowest BCUT2D eigenvalue weighted by Crippen LogP contribution is -2.25. The molecule has 4 rings (SSSR count). The number of rotatable bonds is 4. The van der Waals surface area contributed by atoms with Gasteiger partial charge in [0.1, 0.15) is 5.69 Å². The minimum Gasteiger partial charge on any atom is -0.359 e. The third-order valence-electron chi connectivity index (χ3n) is 5.29. The van der Waals surface area contributed by atoms with Gasteiger partial charge in [0.2, 0.25) is 0 Å². The van der Waals surface area contributed by atoms with E-state index in [4.69, 9.17) is 4.52 Å². The lowest BCUT2D eigenvalue weighted by atomic mass is 10.0. The Morgan fingerprint density at radius 2 is 1.71 bits per heavy atom. The Hall–Kier alpha value is -2.44. The average Bonchev–Trinajstić information content (AvgIpc) is 3.03.